The number of benzene rings is 1. The quantitative estimate of drug-likeness (QED) is 0.809. The molecule has 0 radical (unpaired) electrons. The van der Waals surface area contributed by atoms with E-state index in [1.807, 2.05) is 18.3 Å². The van der Waals surface area contributed by atoms with Gasteiger partial charge in [-0.05, 0) is 25.0 Å². The monoisotopic (exact) mass is 255 g/mol. The number of nitrogens with two attached hydrogens (primary N) is 1. The fourth-order valence-electron chi connectivity index (χ4n) is 2.94. The molecule has 3 N–H and O–H groups in total. The Hall–Kier alpha value is -1.61. The SMILES string of the molecule is NC1CCCCCC1Nc1ccnc2ccccc12. The van der Waals surface area contributed by atoms with E-state index in [0.717, 1.165) is 24.0 Å². The van der Waals surface area contributed by atoms with Crippen molar-refractivity contribution in [2.75, 3.05) is 5.32 Å². The average Bonchev–Trinajstić information content (AvgIpc) is 2.65. The van der Waals surface area contributed by atoms with Crippen molar-refractivity contribution in [2.24, 2.45) is 5.73 Å². The fourth-order valence-corrected chi connectivity index (χ4v) is 2.94. The van der Waals surface area contributed by atoms with Crippen molar-refractivity contribution in [3.05, 3.63) is 36.5 Å². The van der Waals surface area contributed by atoms with Crippen LogP contribution < -0.4 is 11.1 Å². The highest BCUT2D eigenvalue weighted by Gasteiger charge is 2.20. The van der Waals surface area contributed by atoms with Gasteiger partial charge in [0.25, 0.3) is 0 Å². The Labute approximate surface area is 114 Å². The zero-order chi connectivity index (χ0) is 13.1. The number of hydrogen-bond acceptors (Lipinski definition) is 3. The van der Waals surface area contributed by atoms with Gasteiger partial charge in [-0.3, -0.25) is 4.98 Å². The third-order valence-electron chi connectivity index (χ3n) is 4.06. The largest absolute Gasteiger partial charge is 0.380 e. The van der Waals surface area contributed by atoms with Gasteiger partial charge in [-0.15, -0.1) is 0 Å². The van der Waals surface area contributed by atoms with Gasteiger partial charge in [-0.25, -0.2) is 0 Å². The molecule has 3 nitrogen and oxygen atoms in total. The molecule has 0 bridgehead atoms. The molecule has 2 unspecified atom stereocenters. The summed E-state index contributed by atoms with van der Waals surface area (Å²) in [5.74, 6) is 0. The van der Waals surface area contributed by atoms with Crippen LogP contribution in [-0.2, 0) is 0 Å². The van der Waals surface area contributed by atoms with E-state index in [9.17, 15) is 0 Å². The van der Waals surface area contributed by atoms with Crippen LogP contribution in [0.5, 0.6) is 0 Å². The first kappa shape index (κ1) is 12.4. The summed E-state index contributed by atoms with van der Waals surface area (Å²) in [6, 6.07) is 10.9. The molecule has 100 valence electrons. The van der Waals surface area contributed by atoms with Crippen LogP contribution in [0.3, 0.4) is 0 Å². The number of nitrogens with zero attached hydrogens (tertiary/aromatic N) is 1. The molecule has 1 aliphatic carbocycles. The number of pyridine rings is 1. The lowest BCUT2D eigenvalue weighted by molar-refractivity contribution is 0.529. The number of aromatic nitrogens is 1. The molecule has 0 amide bonds. The Morgan fingerprint density at radius 3 is 2.84 bits per heavy atom. The van der Waals surface area contributed by atoms with Gasteiger partial charge in [-0.1, -0.05) is 37.5 Å². The van der Waals surface area contributed by atoms with Crippen molar-refractivity contribution >= 4 is 16.6 Å². The smallest absolute Gasteiger partial charge is 0.0722 e. The average molecular weight is 255 g/mol. The first-order chi connectivity index (χ1) is 9.34. The van der Waals surface area contributed by atoms with Gasteiger partial charge in [0.15, 0.2) is 0 Å². The van der Waals surface area contributed by atoms with E-state index in [1.165, 1.54) is 24.6 Å². The lowest BCUT2D eigenvalue weighted by Crippen LogP contribution is -2.39. The van der Waals surface area contributed by atoms with E-state index < -0.39 is 0 Å². The van der Waals surface area contributed by atoms with Crippen molar-refractivity contribution in [1.82, 2.24) is 4.98 Å². The molecule has 1 fully saturated rings. The zero-order valence-electron chi connectivity index (χ0n) is 11.2. The summed E-state index contributed by atoms with van der Waals surface area (Å²) in [5.41, 5.74) is 8.49. The summed E-state index contributed by atoms with van der Waals surface area (Å²) in [7, 11) is 0. The number of rotatable bonds is 2. The van der Waals surface area contributed by atoms with Crippen molar-refractivity contribution in [2.45, 2.75) is 44.2 Å². The molecule has 0 aliphatic heterocycles. The molecule has 1 aliphatic rings. The van der Waals surface area contributed by atoms with Crippen molar-refractivity contribution < 1.29 is 0 Å². The van der Waals surface area contributed by atoms with Crippen molar-refractivity contribution in [3.8, 4) is 0 Å². The predicted octanol–water partition coefficient (Wildman–Crippen LogP) is 3.31. The lowest BCUT2D eigenvalue weighted by Gasteiger charge is -2.24. The molecule has 1 saturated carbocycles. The Bertz CT molecular complexity index is 547. The van der Waals surface area contributed by atoms with Gasteiger partial charge >= 0.3 is 0 Å². The highest BCUT2D eigenvalue weighted by molar-refractivity contribution is 5.90. The van der Waals surface area contributed by atoms with E-state index in [-0.39, 0.29) is 6.04 Å². The zero-order valence-corrected chi connectivity index (χ0v) is 11.2. The molecular weight excluding hydrogens is 234 g/mol. The topological polar surface area (TPSA) is 50.9 Å². The molecular formula is C16H21N3. The number of fused-ring (bicyclic) bond motifs is 1. The number of anilines is 1. The third-order valence-corrected chi connectivity index (χ3v) is 4.06. The van der Waals surface area contributed by atoms with Crippen LogP contribution in [0, 0.1) is 0 Å². The van der Waals surface area contributed by atoms with Crippen LogP contribution in [0.2, 0.25) is 0 Å². The Balaban J connectivity index is 1.88. The van der Waals surface area contributed by atoms with Gasteiger partial charge in [-0.2, -0.15) is 0 Å². The van der Waals surface area contributed by atoms with E-state index in [0.29, 0.717) is 6.04 Å². The second-order valence-corrected chi connectivity index (χ2v) is 5.43. The molecule has 3 heteroatoms. The highest BCUT2D eigenvalue weighted by atomic mass is 15.0. The second kappa shape index (κ2) is 5.57. The Morgan fingerprint density at radius 1 is 1.05 bits per heavy atom. The molecule has 0 saturated heterocycles. The van der Waals surface area contributed by atoms with Crippen LogP contribution in [0.25, 0.3) is 10.9 Å². The van der Waals surface area contributed by atoms with Gasteiger partial charge in [0.05, 0.1) is 5.52 Å². The van der Waals surface area contributed by atoms with E-state index >= 15 is 0 Å². The number of hydrogen-bond donors (Lipinski definition) is 2. The Morgan fingerprint density at radius 2 is 1.89 bits per heavy atom. The molecule has 2 atom stereocenters. The summed E-state index contributed by atoms with van der Waals surface area (Å²) in [4.78, 5) is 4.40. The van der Waals surface area contributed by atoms with Crippen LogP contribution >= 0.6 is 0 Å². The van der Waals surface area contributed by atoms with E-state index in [4.69, 9.17) is 5.73 Å². The van der Waals surface area contributed by atoms with Crippen LogP contribution in [0.1, 0.15) is 32.1 Å². The van der Waals surface area contributed by atoms with Crippen molar-refractivity contribution in [1.29, 1.82) is 0 Å². The van der Waals surface area contributed by atoms with Crippen LogP contribution in [0.4, 0.5) is 5.69 Å². The highest BCUT2D eigenvalue weighted by Crippen LogP contribution is 2.25. The summed E-state index contributed by atoms with van der Waals surface area (Å²) < 4.78 is 0. The number of para-hydroxylation sites is 1. The first-order valence-electron chi connectivity index (χ1n) is 7.20. The molecule has 19 heavy (non-hydrogen) atoms. The maximum Gasteiger partial charge on any atom is 0.0722 e. The fraction of sp³-hybridized carbons (Fsp3) is 0.438. The normalized spacial score (nSPS) is 24.1. The first-order valence-corrected chi connectivity index (χ1v) is 7.20. The minimum absolute atomic E-state index is 0.259. The molecule has 1 aromatic carbocycles. The molecule has 1 aromatic heterocycles. The minimum Gasteiger partial charge on any atom is -0.380 e. The standard InChI is InChI=1S/C16H21N3/c17-13-7-2-1-3-9-16(13)19-15-10-11-18-14-8-5-4-6-12(14)15/h4-6,8,10-11,13,16H,1-3,7,9,17H2,(H,18,19). The summed E-state index contributed by atoms with van der Waals surface area (Å²) in [5, 5.41) is 4.83. The van der Waals surface area contributed by atoms with Gasteiger partial charge < -0.3 is 11.1 Å². The summed E-state index contributed by atoms with van der Waals surface area (Å²) >= 11 is 0. The molecule has 1 heterocycles. The minimum atomic E-state index is 0.259. The van der Waals surface area contributed by atoms with E-state index in [1.54, 1.807) is 0 Å². The maximum absolute atomic E-state index is 6.29. The molecule has 3 rings (SSSR count). The molecule has 0 spiro atoms. The second-order valence-electron chi connectivity index (χ2n) is 5.43. The summed E-state index contributed by atoms with van der Waals surface area (Å²) in [6.45, 7) is 0. The Kier molecular flexibility index (Phi) is 3.65. The maximum atomic E-state index is 6.29. The predicted molar refractivity (Wildman–Crippen MR) is 80.2 cm³/mol. The van der Waals surface area contributed by atoms with Crippen LogP contribution in [0.15, 0.2) is 36.5 Å². The number of nitrogens with one attached hydrogen (secondary N) is 1. The summed E-state index contributed by atoms with van der Waals surface area (Å²) in [6.07, 6.45) is 8.00. The lowest BCUT2D eigenvalue weighted by atomic mass is 10.0. The van der Waals surface area contributed by atoms with E-state index in [2.05, 4.69) is 28.5 Å². The van der Waals surface area contributed by atoms with Gasteiger partial charge in [0.2, 0.25) is 0 Å². The van der Waals surface area contributed by atoms with Crippen molar-refractivity contribution in [3.63, 3.8) is 0 Å². The van der Waals surface area contributed by atoms with Crippen LogP contribution in [-0.4, -0.2) is 17.1 Å². The van der Waals surface area contributed by atoms with Gasteiger partial charge in [0, 0.05) is 29.4 Å². The van der Waals surface area contributed by atoms with Gasteiger partial charge in [0.1, 0.15) is 0 Å². The molecule has 2 aromatic rings. The third kappa shape index (κ3) is 2.71.